The van der Waals surface area contributed by atoms with Crippen LogP contribution in [0.2, 0.25) is 0 Å². The summed E-state index contributed by atoms with van der Waals surface area (Å²) >= 11 is 0. The maximum absolute atomic E-state index is 12.8. The number of benzene rings is 1. The summed E-state index contributed by atoms with van der Waals surface area (Å²) in [6.45, 7) is 5.30. The van der Waals surface area contributed by atoms with E-state index >= 15 is 0 Å². The Morgan fingerprint density at radius 1 is 1.32 bits per heavy atom. The summed E-state index contributed by atoms with van der Waals surface area (Å²) in [4.78, 5) is 34.0. The van der Waals surface area contributed by atoms with Crippen LogP contribution in [0.25, 0.3) is 0 Å². The van der Waals surface area contributed by atoms with Crippen LogP contribution in [0.1, 0.15) is 60.8 Å². The maximum atomic E-state index is 12.8. The van der Waals surface area contributed by atoms with E-state index in [1.165, 1.54) is 11.8 Å². The number of aromatic amines is 1. The largest absolute Gasteiger partial charge is 0.497 e. The molecular weight excluding hydrogens is 354 g/mol. The lowest BCUT2D eigenvalue weighted by molar-refractivity contribution is 0.0666. The van der Waals surface area contributed by atoms with Gasteiger partial charge in [0.05, 0.1) is 7.11 Å². The molecule has 0 spiro atoms. The van der Waals surface area contributed by atoms with E-state index in [1.54, 1.807) is 7.11 Å². The molecule has 0 unspecified atom stereocenters. The van der Waals surface area contributed by atoms with Gasteiger partial charge in [0.25, 0.3) is 11.5 Å². The number of ether oxygens (including phenoxy) is 1. The monoisotopic (exact) mass is 383 g/mol. The molecule has 0 aliphatic carbocycles. The molecule has 0 bridgehead atoms. The number of hydrogen-bond acceptors (Lipinski definition) is 4. The van der Waals surface area contributed by atoms with Crippen LogP contribution in [0.15, 0.2) is 35.3 Å². The lowest BCUT2D eigenvalue weighted by Crippen LogP contribution is -2.42. The minimum absolute atomic E-state index is 0.120. The van der Waals surface area contributed by atoms with Crippen molar-refractivity contribution < 1.29 is 9.53 Å². The summed E-state index contributed by atoms with van der Waals surface area (Å²) in [5, 5.41) is 0. The van der Waals surface area contributed by atoms with Gasteiger partial charge in [0.1, 0.15) is 17.1 Å². The topological polar surface area (TPSA) is 75.3 Å². The first kappa shape index (κ1) is 20.1. The van der Waals surface area contributed by atoms with Crippen LogP contribution in [0.3, 0.4) is 0 Å². The highest BCUT2D eigenvalue weighted by Crippen LogP contribution is 2.23. The minimum atomic E-state index is -0.343. The lowest BCUT2D eigenvalue weighted by atomic mass is 9.91. The van der Waals surface area contributed by atoms with Gasteiger partial charge in [-0.25, -0.2) is 4.98 Å². The van der Waals surface area contributed by atoms with Gasteiger partial charge < -0.3 is 14.6 Å². The number of aryl methyl sites for hydroxylation is 1. The Morgan fingerprint density at radius 2 is 2.07 bits per heavy atom. The van der Waals surface area contributed by atoms with Crippen LogP contribution in [-0.2, 0) is 6.42 Å². The summed E-state index contributed by atoms with van der Waals surface area (Å²) in [5.41, 5.74) is 1.07. The number of aromatic nitrogens is 2. The van der Waals surface area contributed by atoms with E-state index in [0.717, 1.165) is 31.4 Å². The fraction of sp³-hybridized carbons (Fsp3) is 0.500. The molecule has 0 saturated carbocycles. The molecule has 1 aromatic heterocycles. The number of nitrogens with one attached hydrogen (secondary N) is 1. The van der Waals surface area contributed by atoms with Crippen LogP contribution in [0.5, 0.6) is 5.75 Å². The zero-order valence-electron chi connectivity index (χ0n) is 16.9. The maximum Gasteiger partial charge on any atom is 0.263 e. The van der Waals surface area contributed by atoms with Gasteiger partial charge in [-0.3, -0.25) is 9.59 Å². The predicted octanol–water partition coefficient (Wildman–Crippen LogP) is 3.39. The Kier molecular flexibility index (Phi) is 6.49. The molecule has 1 fully saturated rings. The first-order valence-electron chi connectivity index (χ1n) is 9.99. The SMILES string of the molecule is COc1ccc(CC[C@H]2CCCN(C(=O)c3cnc(C(C)C)[nH]c3=O)C2)cc1. The molecule has 1 aromatic carbocycles. The number of hydrogen-bond donors (Lipinski definition) is 1. The van der Waals surface area contributed by atoms with Gasteiger partial charge in [0, 0.05) is 25.2 Å². The van der Waals surface area contributed by atoms with Crippen molar-refractivity contribution in [3.63, 3.8) is 0 Å². The molecule has 3 rings (SSSR count). The second-order valence-electron chi connectivity index (χ2n) is 7.81. The molecule has 1 saturated heterocycles. The van der Waals surface area contributed by atoms with Crippen molar-refractivity contribution in [2.45, 2.75) is 45.4 Å². The highest BCUT2D eigenvalue weighted by Gasteiger charge is 2.26. The minimum Gasteiger partial charge on any atom is -0.497 e. The van der Waals surface area contributed by atoms with Crippen molar-refractivity contribution in [2.24, 2.45) is 5.92 Å². The molecule has 1 aliphatic rings. The molecule has 1 amide bonds. The molecule has 2 heterocycles. The van der Waals surface area contributed by atoms with Crippen molar-refractivity contribution in [1.82, 2.24) is 14.9 Å². The van der Waals surface area contributed by atoms with Crippen molar-refractivity contribution >= 4 is 5.91 Å². The van der Waals surface area contributed by atoms with Crippen LogP contribution in [-0.4, -0.2) is 41.0 Å². The molecule has 150 valence electrons. The number of piperidine rings is 1. The first-order valence-corrected chi connectivity index (χ1v) is 9.99. The average Bonchev–Trinajstić information content (AvgIpc) is 2.72. The highest BCUT2D eigenvalue weighted by molar-refractivity contribution is 5.93. The molecule has 2 aromatic rings. The number of methoxy groups -OCH3 is 1. The summed E-state index contributed by atoms with van der Waals surface area (Å²) in [5.74, 6) is 1.83. The van der Waals surface area contributed by atoms with E-state index in [0.29, 0.717) is 24.8 Å². The zero-order valence-corrected chi connectivity index (χ0v) is 16.9. The molecule has 1 atom stereocenters. The third-order valence-electron chi connectivity index (χ3n) is 5.40. The molecule has 1 N–H and O–H groups in total. The van der Waals surface area contributed by atoms with Gasteiger partial charge in [0.15, 0.2) is 0 Å². The normalized spacial score (nSPS) is 17.0. The Bertz CT molecular complexity index is 858. The first-order chi connectivity index (χ1) is 13.5. The number of H-pyrrole nitrogens is 1. The second-order valence-corrected chi connectivity index (χ2v) is 7.81. The molecular formula is C22H29N3O3. The molecule has 28 heavy (non-hydrogen) atoms. The Labute approximate surface area is 165 Å². The van der Waals surface area contributed by atoms with E-state index in [-0.39, 0.29) is 22.9 Å². The van der Waals surface area contributed by atoms with Crippen LogP contribution >= 0.6 is 0 Å². The van der Waals surface area contributed by atoms with Crippen LogP contribution in [0.4, 0.5) is 0 Å². The number of likely N-dealkylation sites (tertiary alicyclic amines) is 1. The fourth-order valence-electron chi connectivity index (χ4n) is 3.67. The number of rotatable bonds is 6. The van der Waals surface area contributed by atoms with Gasteiger partial charge in [-0.1, -0.05) is 26.0 Å². The fourth-order valence-corrected chi connectivity index (χ4v) is 3.67. The van der Waals surface area contributed by atoms with Crippen LogP contribution < -0.4 is 10.3 Å². The summed E-state index contributed by atoms with van der Waals surface area (Å²) in [6.07, 6.45) is 5.51. The van der Waals surface area contributed by atoms with Gasteiger partial charge in [-0.15, -0.1) is 0 Å². The second kappa shape index (κ2) is 9.04. The number of nitrogens with zero attached hydrogens (tertiary/aromatic N) is 2. The summed E-state index contributed by atoms with van der Waals surface area (Å²) < 4.78 is 5.20. The van der Waals surface area contributed by atoms with E-state index in [4.69, 9.17) is 4.74 Å². The lowest BCUT2D eigenvalue weighted by Gasteiger charge is -2.32. The number of carbonyl (C=O) groups excluding carboxylic acids is 1. The number of carbonyl (C=O) groups is 1. The van der Waals surface area contributed by atoms with Gasteiger partial charge >= 0.3 is 0 Å². The number of amides is 1. The van der Waals surface area contributed by atoms with Crippen LogP contribution in [0, 0.1) is 5.92 Å². The van der Waals surface area contributed by atoms with Crippen molar-refractivity contribution in [3.05, 3.63) is 57.8 Å². The van der Waals surface area contributed by atoms with E-state index in [2.05, 4.69) is 22.1 Å². The Morgan fingerprint density at radius 3 is 2.71 bits per heavy atom. The molecule has 6 heteroatoms. The standard InChI is InChI=1S/C22H29N3O3/c1-15(2)20-23-13-19(21(26)24-20)22(27)25-12-4-5-17(14-25)7-6-16-8-10-18(28-3)11-9-16/h8-11,13,15,17H,4-7,12,14H2,1-3H3,(H,23,24,26)/t17-/m1/s1. The average molecular weight is 383 g/mol. The Hall–Kier alpha value is -2.63. The summed E-state index contributed by atoms with van der Waals surface area (Å²) in [7, 11) is 1.67. The Balaban J connectivity index is 1.60. The zero-order chi connectivity index (χ0) is 20.1. The van der Waals surface area contributed by atoms with Crippen molar-refractivity contribution in [2.75, 3.05) is 20.2 Å². The third kappa shape index (κ3) is 4.80. The van der Waals surface area contributed by atoms with E-state index < -0.39 is 0 Å². The van der Waals surface area contributed by atoms with Gasteiger partial charge in [-0.2, -0.15) is 0 Å². The molecule has 0 radical (unpaired) electrons. The van der Waals surface area contributed by atoms with Gasteiger partial charge in [0.2, 0.25) is 0 Å². The quantitative estimate of drug-likeness (QED) is 0.830. The molecule has 6 nitrogen and oxygen atoms in total. The van der Waals surface area contributed by atoms with E-state index in [9.17, 15) is 9.59 Å². The molecule has 1 aliphatic heterocycles. The predicted molar refractivity (Wildman–Crippen MR) is 109 cm³/mol. The third-order valence-corrected chi connectivity index (χ3v) is 5.40. The summed E-state index contributed by atoms with van der Waals surface area (Å²) in [6, 6.07) is 8.14. The van der Waals surface area contributed by atoms with Crippen molar-refractivity contribution in [3.8, 4) is 5.75 Å². The van der Waals surface area contributed by atoms with Gasteiger partial charge in [-0.05, 0) is 49.3 Å². The smallest absolute Gasteiger partial charge is 0.263 e. The van der Waals surface area contributed by atoms with E-state index in [1.807, 2.05) is 30.9 Å². The highest BCUT2D eigenvalue weighted by atomic mass is 16.5. The van der Waals surface area contributed by atoms with Crippen molar-refractivity contribution in [1.29, 1.82) is 0 Å².